The zero-order valence-electron chi connectivity index (χ0n) is 11.0. The average Bonchev–Trinajstić information content (AvgIpc) is 2.37. The van der Waals surface area contributed by atoms with Crippen LogP contribution >= 0.6 is 23.2 Å². The number of carbonyl (C=O) groups excluding carboxylic acids is 1. The van der Waals surface area contributed by atoms with Gasteiger partial charge in [0.25, 0.3) is 0 Å². The number of nitrogens with two attached hydrogens (primary N) is 1. The Kier molecular flexibility index (Phi) is 6.18. The molecule has 0 radical (unpaired) electrons. The minimum absolute atomic E-state index is 0.0931. The van der Waals surface area contributed by atoms with Crippen molar-refractivity contribution in [1.29, 1.82) is 0 Å². The quantitative estimate of drug-likeness (QED) is 0.847. The first-order valence-corrected chi connectivity index (χ1v) is 6.88. The van der Waals surface area contributed by atoms with Crippen LogP contribution in [0.4, 0.5) is 11.6 Å². The summed E-state index contributed by atoms with van der Waals surface area (Å²) in [4.78, 5) is 17.6. The van der Waals surface area contributed by atoms with Gasteiger partial charge in [-0.25, -0.2) is 4.98 Å². The van der Waals surface area contributed by atoms with Crippen LogP contribution in [0, 0.1) is 0 Å². The van der Waals surface area contributed by atoms with Gasteiger partial charge in [0.1, 0.15) is 11.6 Å². The molecule has 7 heteroatoms. The van der Waals surface area contributed by atoms with E-state index in [1.807, 2.05) is 13.8 Å². The molecule has 106 valence electrons. The van der Waals surface area contributed by atoms with Crippen molar-refractivity contribution in [3.05, 3.63) is 16.1 Å². The summed E-state index contributed by atoms with van der Waals surface area (Å²) in [5, 5.41) is 3.68. The minimum atomic E-state index is 0.0931. The predicted molar refractivity (Wildman–Crippen MR) is 79.7 cm³/mol. The van der Waals surface area contributed by atoms with Crippen molar-refractivity contribution in [3.8, 4) is 0 Å². The lowest BCUT2D eigenvalue weighted by Gasteiger charge is -2.18. The number of pyridine rings is 1. The molecule has 0 spiro atoms. The van der Waals surface area contributed by atoms with Crippen LogP contribution in [0.15, 0.2) is 6.07 Å². The van der Waals surface area contributed by atoms with Crippen LogP contribution in [0.2, 0.25) is 10.0 Å². The molecule has 0 saturated carbocycles. The normalized spacial score (nSPS) is 10.3. The van der Waals surface area contributed by atoms with Gasteiger partial charge in [0.2, 0.25) is 5.91 Å². The van der Waals surface area contributed by atoms with Crippen LogP contribution in [0.1, 0.15) is 20.3 Å². The first-order chi connectivity index (χ1) is 8.99. The smallest absolute Gasteiger partial charge is 0.224 e. The van der Waals surface area contributed by atoms with Crippen molar-refractivity contribution in [1.82, 2.24) is 9.88 Å². The first-order valence-electron chi connectivity index (χ1n) is 6.12. The predicted octanol–water partition coefficient (Wildman–Crippen LogP) is 2.64. The van der Waals surface area contributed by atoms with E-state index in [1.54, 1.807) is 4.90 Å². The van der Waals surface area contributed by atoms with Crippen molar-refractivity contribution in [2.45, 2.75) is 20.3 Å². The fourth-order valence-corrected chi connectivity index (χ4v) is 2.05. The Morgan fingerprint density at radius 1 is 1.37 bits per heavy atom. The number of halogens is 2. The number of hydrogen-bond acceptors (Lipinski definition) is 4. The fraction of sp³-hybridized carbons (Fsp3) is 0.500. The first kappa shape index (κ1) is 15.9. The second-order valence-electron chi connectivity index (χ2n) is 3.93. The molecule has 0 aliphatic carbocycles. The number of nitrogens with zero attached hydrogens (tertiary/aromatic N) is 2. The number of hydrogen-bond donors (Lipinski definition) is 2. The molecule has 0 bridgehead atoms. The van der Waals surface area contributed by atoms with E-state index in [4.69, 9.17) is 28.9 Å². The fourth-order valence-electron chi connectivity index (χ4n) is 1.63. The summed E-state index contributed by atoms with van der Waals surface area (Å²) < 4.78 is 0. The summed E-state index contributed by atoms with van der Waals surface area (Å²) in [6, 6.07) is 1.53. The average molecular weight is 305 g/mol. The number of anilines is 2. The molecule has 0 fully saturated rings. The summed E-state index contributed by atoms with van der Waals surface area (Å²) in [5.41, 5.74) is 5.60. The molecule has 19 heavy (non-hydrogen) atoms. The maximum Gasteiger partial charge on any atom is 0.224 e. The Morgan fingerprint density at radius 2 is 2.00 bits per heavy atom. The van der Waals surface area contributed by atoms with Crippen LogP contribution in [-0.4, -0.2) is 35.4 Å². The molecule has 3 N–H and O–H groups in total. The number of nitrogen functional groups attached to an aromatic ring is 1. The van der Waals surface area contributed by atoms with Crippen molar-refractivity contribution in [2.24, 2.45) is 0 Å². The second kappa shape index (κ2) is 7.40. The second-order valence-corrected chi connectivity index (χ2v) is 4.74. The summed E-state index contributed by atoms with van der Waals surface area (Å²) >= 11 is 11.8. The standard InChI is InChI=1S/C12H18Cl2N4O/c1-3-18(4-2)10(19)5-6-16-12-9(14)7-8(13)11(15)17-12/h7H,3-6H2,1-2H3,(H3,15,16,17). The molecule has 0 saturated heterocycles. The molecular weight excluding hydrogens is 287 g/mol. The maximum atomic E-state index is 11.8. The number of carbonyl (C=O) groups is 1. The van der Waals surface area contributed by atoms with E-state index in [0.717, 1.165) is 0 Å². The molecule has 1 aromatic rings. The topological polar surface area (TPSA) is 71.2 Å². The van der Waals surface area contributed by atoms with E-state index < -0.39 is 0 Å². The van der Waals surface area contributed by atoms with Gasteiger partial charge >= 0.3 is 0 Å². The highest BCUT2D eigenvalue weighted by molar-refractivity contribution is 6.37. The minimum Gasteiger partial charge on any atom is -0.382 e. The molecule has 1 amide bonds. The summed E-state index contributed by atoms with van der Waals surface area (Å²) in [6.07, 6.45) is 0.377. The largest absolute Gasteiger partial charge is 0.382 e. The number of aromatic nitrogens is 1. The zero-order valence-corrected chi connectivity index (χ0v) is 12.6. The van der Waals surface area contributed by atoms with Gasteiger partial charge in [-0.05, 0) is 19.9 Å². The third-order valence-electron chi connectivity index (χ3n) is 2.70. The van der Waals surface area contributed by atoms with Crippen molar-refractivity contribution in [3.63, 3.8) is 0 Å². The molecule has 0 aromatic carbocycles. The molecule has 0 unspecified atom stereocenters. The zero-order chi connectivity index (χ0) is 14.4. The molecule has 1 aromatic heterocycles. The van der Waals surface area contributed by atoms with Gasteiger partial charge < -0.3 is 16.0 Å². The molecule has 1 heterocycles. The van der Waals surface area contributed by atoms with Crippen molar-refractivity contribution < 1.29 is 4.79 Å². The summed E-state index contributed by atoms with van der Waals surface area (Å²) in [5.74, 6) is 0.745. The highest BCUT2D eigenvalue weighted by Gasteiger charge is 2.10. The monoisotopic (exact) mass is 304 g/mol. The van der Waals surface area contributed by atoms with Gasteiger partial charge in [-0.3, -0.25) is 4.79 Å². The van der Waals surface area contributed by atoms with Crippen molar-refractivity contribution in [2.75, 3.05) is 30.7 Å². The summed E-state index contributed by atoms with van der Waals surface area (Å²) in [7, 11) is 0. The lowest BCUT2D eigenvalue weighted by atomic mass is 10.3. The number of rotatable bonds is 6. The Hall–Kier alpha value is -1.20. The van der Waals surface area contributed by atoms with Crippen LogP contribution in [0.3, 0.4) is 0 Å². The Labute approximate surface area is 123 Å². The highest BCUT2D eigenvalue weighted by atomic mass is 35.5. The molecule has 0 aliphatic rings. The SMILES string of the molecule is CCN(CC)C(=O)CCNc1nc(N)c(Cl)cc1Cl. The van der Waals surface area contributed by atoms with Crippen LogP contribution in [0.25, 0.3) is 0 Å². The van der Waals surface area contributed by atoms with Crippen LogP contribution < -0.4 is 11.1 Å². The van der Waals surface area contributed by atoms with Crippen LogP contribution in [-0.2, 0) is 4.79 Å². The van der Waals surface area contributed by atoms with Crippen molar-refractivity contribution >= 4 is 40.7 Å². The van der Waals surface area contributed by atoms with E-state index in [0.29, 0.717) is 41.9 Å². The molecule has 5 nitrogen and oxygen atoms in total. The van der Waals surface area contributed by atoms with E-state index in [-0.39, 0.29) is 11.7 Å². The molecule has 0 aliphatic heterocycles. The van der Waals surface area contributed by atoms with Gasteiger partial charge in [0, 0.05) is 26.1 Å². The van der Waals surface area contributed by atoms with Gasteiger partial charge in [0.15, 0.2) is 0 Å². The highest BCUT2D eigenvalue weighted by Crippen LogP contribution is 2.27. The van der Waals surface area contributed by atoms with E-state index in [1.165, 1.54) is 6.07 Å². The number of nitrogens with one attached hydrogen (secondary N) is 1. The molecule has 0 atom stereocenters. The lowest BCUT2D eigenvalue weighted by molar-refractivity contribution is -0.130. The number of amides is 1. The van der Waals surface area contributed by atoms with Gasteiger partial charge in [0.05, 0.1) is 10.0 Å². The van der Waals surface area contributed by atoms with E-state index in [9.17, 15) is 4.79 Å². The Balaban J connectivity index is 2.54. The Bertz CT molecular complexity index is 450. The molecule has 1 rings (SSSR count). The maximum absolute atomic E-state index is 11.8. The lowest BCUT2D eigenvalue weighted by Crippen LogP contribution is -2.31. The van der Waals surface area contributed by atoms with Gasteiger partial charge in [-0.2, -0.15) is 0 Å². The van der Waals surface area contributed by atoms with Gasteiger partial charge in [-0.15, -0.1) is 0 Å². The molecular formula is C12H18Cl2N4O. The third kappa shape index (κ3) is 4.44. The third-order valence-corrected chi connectivity index (χ3v) is 3.29. The van der Waals surface area contributed by atoms with Gasteiger partial charge in [-0.1, -0.05) is 23.2 Å². The van der Waals surface area contributed by atoms with E-state index in [2.05, 4.69) is 10.3 Å². The summed E-state index contributed by atoms with van der Waals surface area (Å²) in [6.45, 7) is 5.77. The van der Waals surface area contributed by atoms with E-state index >= 15 is 0 Å². The Morgan fingerprint density at radius 3 is 2.58 bits per heavy atom. The van der Waals surface area contributed by atoms with Crippen LogP contribution in [0.5, 0.6) is 0 Å².